The van der Waals surface area contributed by atoms with Crippen LogP contribution in [0.3, 0.4) is 0 Å². The number of aryl methyl sites for hydroxylation is 1. The maximum absolute atomic E-state index is 6.06. The third-order valence-electron chi connectivity index (χ3n) is 3.96. The van der Waals surface area contributed by atoms with Gasteiger partial charge in [-0.2, -0.15) is 0 Å². The number of para-hydroxylation sites is 1. The highest BCUT2D eigenvalue weighted by atomic mass is 16.5. The van der Waals surface area contributed by atoms with Gasteiger partial charge in [0.25, 0.3) is 0 Å². The molecule has 1 aromatic heterocycles. The SMILES string of the molecule is CNC(c1cc2cccc(C)c2o1)C1CCCCO1. The minimum Gasteiger partial charge on any atom is -0.459 e. The molecule has 1 fully saturated rings. The second kappa shape index (κ2) is 5.35. The number of fused-ring (bicyclic) bond motifs is 1. The minimum absolute atomic E-state index is 0.145. The highest BCUT2D eigenvalue weighted by Crippen LogP contribution is 2.31. The molecule has 2 heterocycles. The van der Waals surface area contributed by atoms with Gasteiger partial charge in [0.1, 0.15) is 11.3 Å². The van der Waals surface area contributed by atoms with E-state index < -0.39 is 0 Å². The summed E-state index contributed by atoms with van der Waals surface area (Å²) < 4.78 is 12.0. The molecule has 1 aliphatic rings. The Morgan fingerprint density at radius 1 is 1.32 bits per heavy atom. The van der Waals surface area contributed by atoms with Crippen LogP contribution in [0, 0.1) is 6.92 Å². The molecule has 0 bridgehead atoms. The van der Waals surface area contributed by atoms with Crippen molar-refractivity contribution in [2.75, 3.05) is 13.7 Å². The van der Waals surface area contributed by atoms with Crippen LogP contribution in [0.5, 0.6) is 0 Å². The van der Waals surface area contributed by atoms with E-state index in [1.54, 1.807) is 0 Å². The predicted octanol–water partition coefficient (Wildman–Crippen LogP) is 3.57. The molecule has 3 rings (SSSR count). The molecule has 19 heavy (non-hydrogen) atoms. The van der Waals surface area contributed by atoms with Gasteiger partial charge in [0.05, 0.1) is 12.1 Å². The summed E-state index contributed by atoms with van der Waals surface area (Å²) in [6.45, 7) is 2.95. The number of furan rings is 1. The van der Waals surface area contributed by atoms with Gasteiger partial charge in [-0.25, -0.2) is 0 Å². The lowest BCUT2D eigenvalue weighted by Gasteiger charge is -2.28. The van der Waals surface area contributed by atoms with Crippen molar-refractivity contribution < 1.29 is 9.15 Å². The fourth-order valence-corrected chi connectivity index (χ4v) is 2.92. The second-order valence-electron chi connectivity index (χ2n) is 5.31. The zero-order chi connectivity index (χ0) is 13.2. The van der Waals surface area contributed by atoms with Crippen molar-refractivity contribution in [3.8, 4) is 0 Å². The number of ether oxygens (including phenoxy) is 1. The minimum atomic E-state index is 0.145. The third kappa shape index (κ3) is 2.40. The lowest BCUT2D eigenvalue weighted by atomic mass is 10.00. The van der Waals surface area contributed by atoms with Gasteiger partial charge in [-0.05, 0) is 44.9 Å². The summed E-state index contributed by atoms with van der Waals surface area (Å²) in [6.07, 6.45) is 3.73. The fraction of sp³-hybridized carbons (Fsp3) is 0.500. The van der Waals surface area contributed by atoms with Crippen LogP contribution in [0.2, 0.25) is 0 Å². The third-order valence-corrected chi connectivity index (χ3v) is 3.96. The Kier molecular flexibility index (Phi) is 3.58. The summed E-state index contributed by atoms with van der Waals surface area (Å²) >= 11 is 0. The van der Waals surface area contributed by atoms with Crippen LogP contribution in [-0.4, -0.2) is 19.8 Å². The molecule has 2 atom stereocenters. The van der Waals surface area contributed by atoms with Gasteiger partial charge in [0.2, 0.25) is 0 Å². The standard InChI is InChI=1S/C16H21NO2/c1-11-6-5-7-12-10-14(19-16(11)12)15(17-2)13-8-3-4-9-18-13/h5-7,10,13,15,17H,3-4,8-9H2,1-2H3. The monoisotopic (exact) mass is 259 g/mol. The van der Waals surface area contributed by atoms with Gasteiger partial charge in [-0.1, -0.05) is 18.2 Å². The van der Waals surface area contributed by atoms with Crippen LogP contribution in [0.1, 0.15) is 36.6 Å². The van der Waals surface area contributed by atoms with Crippen molar-refractivity contribution in [1.29, 1.82) is 0 Å². The van der Waals surface area contributed by atoms with Gasteiger partial charge in [0.15, 0.2) is 0 Å². The van der Waals surface area contributed by atoms with E-state index in [2.05, 4.69) is 36.5 Å². The molecule has 0 radical (unpaired) electrons. The summed E-state index contributed by atoms with van der Waals surface area (Å²) in [5.41, 5.74) is 2.18. The molecule has 1 aliphatic heterocycles. The van der Waals surface area contributed by atoms with Crippen LogP contribution < -0.4 is 5.32 Å². The normalized spacial score (nSPS) is 21.7. The molecule has 0 spiro atoms. The fourth-order valence-electron chi connectivity index (χ4n) is 2.92. The zero-order valence-corrected chi connectivity index (χ0v) is 11.6. The molecule has 3 nitrogen and oxygen atoms in total. The smallest absolute Gasteiger partial charge is 0.137 e. The summed E-state index contributed by atoms with van der Waals surface area (Å²) in [4.78, 5) is 0. The van der Waals surface area contributed by atoms with Crippen LogP contribution in [0.4, 0.5) is 0 Å². The van der Waals surface area contributed by atoms with Gasteiger partial charge in [-0.15, -0.1) is 0 Å². The molecule has 102 valence electrons. The average molecular weight is 259 g/mol. The molecule has 1 N–H and O–H groups in total. The van der Waals surface area contributed by atoms with Crippen molar-refractivity contribution in [2.24, 2.45) is 0 Å². The Labute approximate surface area is 113 Å². The number of nitrogens with one attached hydrogen (secondary N) is 1. The summed E-state index contributed by atoms with van der Waals surface area (Å²) in [6, 6.07) is 8.54. The quantitative estimate of drug-likeness (QED) is 0.915. The van der Waals surface area contributed by atoms with Gasteiger partial charge >= 0.3 is 0 Å². The molecule has 3 heteroatoms. The first-order chi connectivity index (χ1) is 9.29. The lowest BCUT2D eigenvalue weighted by molar-refractivity contribution is -0.0106. The van der Waals surface area contributed by atoms with Crippen LogP contribution in [0.15, 0.2) is 28.7 Å². The van der Waals surface area contributed by atoms with Crippen molar-refractivity contribution in [3.05, 3.63) is 35.6 Å². The van der Waals surface area contributed by atoms with E-state index in [1.165, 1.54) is 23.8 Å². The first kappa shape index (κ1) is 12.7. The molecular weight excluding hydrogens is 238 g/mol. The largest absolute Gasteiger partial charge is 0.459 e. The predicted molar refractivity (Wildman–Crippen MR) is 76.3 cm³/mol. The van der Waals surface area contributed by atoms with Crippen molar-refractivity contribution in [2.45, 2.75) is 38.3 Å². The summed E-state index contributed by atoms with van der Waals surface area (Å²) in [5, 5.41) is 4.52. The number of likely N-dealkylation sites (N-methyl/N-ethyl adjacent to an activating group) is 1. The Morgan fingerprint density at radius 3 is 2.89 bits per heavy atom. The van der Waals surface area contributed by atoms with Crippen LogP contribution in [-0.2, 0) is 4.74 Å². The highest BCUT2D eigenvalue weighted by molar-refractivity contribution is 5.81. The molecule has 1 aromatic carbocycles. The number of hydrogen-bond acceptors (Lipinski definition) is 3. The average Bonchev–Trinajstić information content (AvgIpc) is 2.86. The Morgan fingerprint density at radius 2 is 2.21 bits per heavy atom. The summed E-state index contributed by atoms with van der Waals surface area (Å²) in [5.74, 6) is 0.985. The molecular formula is C16H21NO2. The first-order valence-corrected chi connectivity index (χ1v) is 7.07. The molecule has 2 unspecified atom stereocenters. The van der Waals surface area contributed by atoms with E-state index in [0.29, 0.717) is 0 Å². The number of hydrogen-bond donors (Lipinski definition) is 1. The summed E-state index contributed by atoms with van der Waals surface area (Å²) in [7, 11) is 1.97. The molecule has 2 aromatic rings. The van der Waals surface area contributed by atoms with E-state index in [0.717, 1.165) is 24.4 Å². The number of rotatable bonds is 3. The Hall–Kier alpha value is -1.32. The zero-order valence-electron chi connectivity index (χ0n) is 11.6. The van der Waals surface area contributed by atoms with Gasteiger partial charge in [0, 0.05) is 12.0 Å². The van der Waals surface area contributed by atoms with Crippen molar-refractivity contribution >= 4 is 11.0 Å². The van der Waals surface area contributed by atoms with Gasteiger partial charge < -0.3 is 14.5 Å². The van der Waals surface area contributed by atoms with E-state index in [-0.39, 0.29) is 12.1 Å². The van der Waals surface area contributed by atoms with Crippen molar-refractivity contribution in [3.63, 3.8) is 0 Å². The van der Waals surface area contributed by atoms with E-state index >= 15 is 0 Å². The second-order valence-corrected chi connectivity index (χ2v) is 5.31. The first-order valence-electron chi connectivity index (χ1n) is 7.07. The molecule has 1 saturated heterocycles. The van der Waals surface area contributed by atoms with Crippen LogP contribution in [0.25, 0.3) is 11.0 Å². The van der Waals surface area contributed by atoms with Gasteiger partial charge in [-0.3, -0.25) is 0 Å². The van der Waals surface area contributed by atoms with Crippen molar-refractivity contribution in [1.82, 2.24) is 5.32 Å². The topological polar surface area (TPSA) is 34.4 Å². The Bertz CT molecular complexity index is 555. The molecule has 0 aliphatic carbocycles. The van der Waals surface area contributed by atoms with E-state index in [4.69, 9.17) is 9.15 Å². The maximum atomic E-state index is 6.06. The number of benzene rings is 1. The lowest BCUT2D eigenvalue weighted by Crippen LogP contribution is -2.33. The highest BCUT2D eigenvalue weighted by Gasteiger charge is 2.27. The Balaban J connectivity index is 1.94. The van der Waals surface area contributed by atoms with E-state index in [9.17, 15) is 0 Å². The maximum Gasteiger partial charge on any atom is 0.137 e. The van der Waals surface area contributed by atoms with E-state index in [1.807, 2.05) is 7.05 Å². The molecule has 0 saturated carbocycles. The molecule has 0 amide bonds. The van der Waals surface area contributed by atoms with Crippen LogP contribution >= 0.6 is 0 Å².